The molecule has 0 atom stereocenters. The molecule has 0 aromatic heterocycles. The van der Waals surface area contributed by atoms with Gasteiger partial charge in [0.15, 0.2) is 5.34 Å². The Morgan fingerprint density at radius 3 is 2.29 bits per heavy atom. The van der Waals surface area contributed by atoms with E-state index in [1.807, 2.05) is 0 Å². The molecule has 0 aliphatic heterocycles. The van der Waals surface area contributed by atoms with Crippen molar-refractivity contribution in [3.05, 3.63) is 15.3 Å². The summed E-state index contributed by atoms with van der Waals surface area (Å²) in [6, 6.07) is 0. The molecule has 0 spiro atoms. The van der Waals surface area contributed by atoms with Gasteiger partial charge in [0.25, 0.3) is 0 Å². The quantitative estimate of drug-likeness (QED) is 0.161. The Balaban J connectivity index is 0. The van der Waals surface area contributed by atoms with Crippen LogP contribution in [-0.2, 0) is 4.84 Å². The molecule has 0 aromatic carbocycles. The standard InChI is InChI=1S/C8H17NO2.HN3/c1-2-3-4-5-6-7-8-11-9-10;1-3-2/h2-8H2,1H3;1H. The van der Waals surface area contributed by atoms with Crippen molar-refractivity contribution in [2.45, 2.75) is 45.4 Å². The lowest BCUT2D eigenvalue weighted by Crippen LogP contribution is -1.86. The molecule has 6 heteroatoms. The summed E-state index contributed by atoms with van der Waals surface area (Å²) < 4.78 is 0. The second-order valence-corrected chi connectivity index (χ2v) is 2.78. The number of nitrogens with one attached hydrogen (secondary N) is 1. The highest BCUT2D eigenvalue weighted by Gasteiger charge is 1.89. The monoisotopic (exact) mass is 202 g/mol. The summed E-state index contributed by atoms with van der Waals surface area (Å²) in [6.45, 7) is 2.68. The van der Waals surface area contributed by atoms with Crippen LogP contribution < -0.4 is 0 Å². The van der Waals surface area contributed by atoms with Gasteiger partial charge in [-0.2, -0.15) is 0 Å². The SMILES string of the molecule is CCCCCCCCON=O.[N-]=[N+]=N. The summed E-state index contributed by atoms with van der Waals surface area (Å²) in [5.74, 6) is 0. The highest BCUT2D eigenvalue weighted by molar-refractivity contribution is 4.42. The van der Waals surface area contributed by atoms with E-state index in [0.29, 0.717) is 6.61 Å². The van der Waals surface area contributed by atoms with Crippen molar-refractivity contribution in [2.24, 2.45) is 5.34 Å². The first kappa shape index (κ1) is 15.2. The van der Waals surface area contributed by atoms with Crippen molar-refractivity contribution in [3.8, 4) is 0 Å². The molecule has 0 aliphatic carbocycles. The first-order valence-corrected chi connectivity index (χ1v) is 4.78. The predicted octanol–water partition coefficient (Wildman–Crippen LogP) is 3.92. The average Bonchev–Trinajstić information content (AvgIpc) is 2.18. The van der Waals surface area contributed by atoms with Crippen LogP contribution in [0.25, 0.3) is 10.4 Å². The topological polar surface area (TPSA) is 98.9 Å². The van der Waals surface area contributed by atoms with E-state index in [0.717, 1.165) is 12.8 Å². The lowest BCUT2D eigenvalue weighted by molar-refractivity contribution is 0.135. The van der Waals surface area contributed by atoms with E-state index in [1.165, 1.54) is 25.7 Å². The molecule has 14 heavy (non-hydrogen) atoms. The second-order valence-electron chi connectivity index (χ2n) is 2.78. The third kappa shape index (κ3) is 22.4. The maximum atomic E-state index is 9.47. The molecule has 0 heterocycles. The molecule has 0 rings (SSSR count). The molecule has 0 saturated heterocycles. The van der Waals surface area contributed by atoms with E-state index in [1.54, 1.807) is 4.91 Å². The van der Waals surface area contributed by atoms with Crippen molar-refractivity contribution in [1.82, 2.24) is 0 Å². The lowest BCUT2D eigenvalue weighted by atomic mass is 10.1. The molecule has 82 valence electrons. The third-order valence-electron chi connectivity index (χ3n) is 1.64. The molecule has 6 nitrogen and oxygen atoms in total. The van der Waals surface area contributed by atoms with Gasteiger partial charge in [-0.15, -0.1) is 10.4 Å². The van der Waals surface area contributed by atoms with Gasteiger partial charge in [0.2, 0.25) is 0 Å². The minimum absolute atomic E-state index is 0.482. The maximum Gasteiger partial charge on any atom is 0.155 e. The Morgan fingerprint density at radius 2 is 1.79 bits per heavy atom. The molecule has 0 fully saturated rings. The van der Waals surface area contributed by atoms with E-state index in [2.05, 4.69) is 17.1 Å². The molecule has 0 unspecified atom stereocenters. The highest BCUT2D eigenvalue weighted by atomic mass is 16.7. The molecule has 0 bridgehead atoms. The van der Waals surface area contributed by atoms with Crippen molar-refractivity contribution in [1.29, 1.82) is 5.53 Å². The van der Waals surface area contributed by atoms with Crippen molar-refractivity contribution < 1.29 is 4.84 Å². The zero-order chi connectivity index (χ0) is 11.1. The average molecular weight is 202 g/mol. The summed E-state index contributed by atoms with van der Waals surface area (Å²) in [6.07, 6.45) is 7.23. The lowest BCUT2D eigenvalue weighted by Gasteiger charge is -1.97. The van der Waals surface area contributed by atoms with Crippen LogP contribution in [0.2, 0.25) is 0 Å². The van der Waals surface area contributed by atoms with Gasteiger partial charge in [-0.05, 0) is 23.3 Å². The van der Waals surface area contributed by atoms with Crippen LogP contribution in [0.3, 0.4) is 0 Å². The number of hydrogen-bond acceptors (Lipinski definition) is 4. The first-order valence-electron chi connectivity index (χ1n) is 4.78. The van der Waals surface area contributed by atoms with Crippen molar-refractivity contribution in [2.75, 3.05) is 6.61 Å². The molecular weight excluding hydrogens is 184 g/mol. The molecule has 0 radical (unpaired) electrons. The van der Waals surface area contributed by atoms with Crippen LogP contribution in [0.1, 0.15) is 45.4 Å². The van der Waals surface area contributed by atoms with Gasteiger partial charge in [0.05, 0.1) is 0 Å². The highest BCUT2D eigenvalue weighted by Crippen LogP contribution is 2.04. The summed E-state index contributed by atoms with van der Waals surface area (Å²) in [5, 5.41) is 2.32. The molecular formula is C8H18N4O2. The van der Waals surface area contributed by atoms with Gasteiger partial charge in [0, 0.05) is 0 Å². The van der Waals surface area contributed by atoms with Crippen LogP contribution in [0.5, 0.6) is 0 Å². The van der Waals surface area contributed by atoms with Crippen LogP contribution >= 0.6 is 0 Å². The summed E-state index contributed by atoms with van der Waals surface area (Å²) in [7, 11) is 0. The van der Waals surface area contributed by atoms with Crippen LogP contribution in [0, 0.1) is 10.4 Å². The van der Waals surface area contributed by atoms with Gasteiger partial charge in [-0.1, -0.05) is 32.6 Å². The molecule has 0 aromatic rings. The number of nitrogens with zero attached hydrogens (tertiary/aromatic N) is 3. The minimum Gasteiger partial charge on any atom is -0.364 e. The van der Waals surface area contributed by atoms with E-state index in [9.17, 15) is 4.91 Å². The van der Waals surface area contributed by atoms with Gasteiger partial charge in [-0.3, -0.25) is 0 Å². The smallest absolute Gasteiger partial charge is 0.155 e. The van der Waals surface area contributed by atoms with E-state index >= 15 is 0 Å². The number of hydrogen-bond donors (Lipinski definition) is 1. The van der Waals surface area contributed by atoms with Crippen molar-refractivity contribution >= 4 is 0 Å². The number of rotatable bonds is 8. The maximum absolute atomic E-state index is 9.47. The molecule has 1 N–H and O–H groups in total. The summed E-state index contributed by atoms with van der Waals surface area (Å²) in [4.78, 5) is 15.5. The van der Waals surface area contributed by atoms with E-state index < -0.39 is 0 Å². The van der Waals surface area contributed by atoms with E-state index in [-0.39, 0.29) is 0 Å². The fourth-order valence-corrected chi connectivity index (χ4v) is 0.984. The predicted molar refractivity (Wildman–Crippen MR) is 54.6 cm³/mol. The Kier molecular flexibility index (Phi) is 19.2. The van der Waals surface area contributed by atoms with Crippen LogP contribution in [-0.4, -0.2) is 6.61 Å². The van der Waals surface area contributed by atoms with Crippen LogP contribution in [0.15, 0.2) is 5.34 Å². The van der Waals surface area contributed by atoms with Gasteiger partial charge < -0.3 is 4.84 Å². The Bertz CT molecular complexity index is 146. The zero-order valence-corrected chi connectivity index (χ0v) is 8.61. The Morgan fingerprint density at radius 1 is 1.29 bits per heavy atom. The zero-order valence-electron chi connectivity index (χ0n) is 8.61. The Labute approximate surface area is 84.0 Å². The minimum atomic E-state index is 0.482. The fourth-order valence-electron chi connectivity index (χ4n) is 0.984. The largest absolute Gasteiger partial charge is 0.364 e. The Hall–Kier alpha value is -1.29. The molecule has 0 saturated carbocycles. The molecule has 0 aliphatic rings. The van der Waals surface area contributed by atoms with Gasteiger partial charge in [0.1, 0.15) is 6.61 Å². The second kappa shape index (κ2) is 17.7. The van der Waals surface area contributed by atoms with Gasteiger partial charge >= 0.3 is 0 Å². The van der Waals surface area contributed by atoms with Crippen LogP contribution in [0.4, 0.5) is 0 Å². The first-order chi connectivity index (χ1) is 6.83. The number of unbranched alkanes of at least 4 members (excludes halogenated alkanes) is 5. The summed E-state index contributed by atoms with van der Waals surface area (Å²) >= 11 is 0. The normalized spacial score (nSPS) is 8.07. The molecule has 0 amide bonds. The van der Waals surface area contributed by atoms with E-state index in [4.69, 9.17) is 11.1 Å². The fraction of sp³-hybridized carbons (Fsp3) is 1.00. The third-order valence-corrected chi connectivity index (χ3v) is 1.64. The van der Waals surface area contributed by atoms with Gasteiger partial charge in [-0.25, -0.2) is 0 Å². The summed E-state index contributed by atoms with van der Waals surface area (Å²) in [5.41, 5.74) is 12.2. The van der Waals surface area contributed by atoms with Crippen molar-refractivity contribution in [3.63, 3.8) is 0 Å².